The van der Waals surface area contributed by atoms with Gasteiger partial charge in [-0.1, -0.05) is 0 Å². The first-order valence-corrected chi connectivity index (χ1v) is 6.02. The van der Waals surface area contributed by atoms with Crippen LogP contribution in [0.4, 0.5) is 8.78 Å². The molecule has 15 heavy (non-hydrogen) atoms. The van der Waals surface area contributed by atoms with Crippen LogP contribution in [0, 0.1) is 11.6 Å². The predicted octanol–water partition coefficient (Wildman–Crippen LogP) is 2.64. The fourth-order valence-electron chi connectivity index (χ4n) is 1.16. The number of furan rings is 1. The van der Waals surface area contributed by atoms with E-state index in [-0.39, 0.29) is 11.0 Å². The zero-order chi connectivity index (χ0) is 11.2. The van der Waals surface area contributed by atoms with Crippen LogP contribution in [-0.4, -0.2) is 8.42 Å². The monoisotopic (exact) mass is 252 g/mol. The lowest BCUT2D eigenvalue weighted by atomic mass is 10.2. The minimum absolute atomic E-state index is 0.129. The van der Waals surface area contributed by atoms with Crippen molar-refractivity contribution < 1.29 is 21.6 Å². The van der Waals surface area contributed by atoms with E-state index >= 15 is 0 Å². The molecule has 0 aliphatic heterocycles. The molecule has 80 valence electrons. The standard InChI is InChI=1S/C8H3ClF2O3S/c9-15(12,13)8-3-5-6(11)1-4(10)2-7(5)14-8/h1-3H. The maximum absolute atomic E-state index is 13.1. The van der Waals surface area contributed by atoms with E-state index in [2.05, 4.69) is 0 Å². The third-order valence-corrected chi connectivity index (χ3v) is 2.91. The van der Waals surface area contributed by atoms with Gasteiger partial charge in [0.2, 0.25) is 5.09 Å². The molecule has 0 aliphatic carbocycles. The molecule has 1 heterocycles. The van der Waals surface area contributed by atoms with Crippen molar-refractivity contribution in [3.05, 3.63) is 29.8 Å². The molecule has 0 bridgehead atoms. The smallest absolute Gasteiger partial charge is 0.294 e. The minimum atomic E-state index is -4.08. The molecule has 0 unspecified atom stereocenters. The van der Waals surface area contributed by atoms with Crippen molar-refractivity contribution in [1.29, 1.82) is 0 Å². The van der Waals surface area contributed by atoms with Crippen molar-refractivity contribution in [1.82, 2.24) is 0 Å². The van der Waals surface area contributed by atoms with Gasteiger partial charge in [0.15, 0.2) is 0 Å². The number of benzene rings is 1. The van der Waals surface area contributed by atoms with Gasteiger partial charge in [0.1, 0.15) is 17.2 Å². The van der Waals surface area contributed by atoms with Gasteiger partial charge >= 0.3 is 0 Å². The highest BCUT2D eigenvalue weighted by Crippen LogP contribution is 2.27. The highest BCUT2D eigenvalue weighted by molar-refractivity contribution is 8.13. The predicted molar refractivity (Wildman–Crippen MR) is 49.2 cm³/mol. The Balaban J connectivity index is 2.82. The van der Waals surface area contributed by atoms with Crippen LogP contribution in [0.25, 0.3) is 11.0 Å². The second-order valence-corrected chi connectivity index (χ2v) is 5.30. The third-order valence-electron chi connectivity index (χ3n) is 1.77. The first-order valence-electron chi connectivity index (χ1n) is 3.71. The Kier molecular flexibility index (Phi) is 2.20. The highest BCUT2D eigenvalue weighted by Gasteiger charge is 2.18. The number of hydrogen-bond donors (Lipinski definition) is 0. The topological polar surface area (TPSA) is 47.3 Å². The van der Waals surface area contributed by atoms with E-state index < -0.39 is 25.8 Å². The van der Waals surface area contributed by atoms with Gasteiger partial charge in [0.25, 0.3) is 9.05 Å². The molecule has 2 aromatic rings. The first kappa shape index (κ1) is 10.4. The zero-order valence-corrected chi connectivity index (χ0v) is 8.57. The molecule has 7 heteroatoms. The second kappa shape index (κ2) is 3.18. The second-order valence-electron chi connectivity index (χ2n) is 2.80. The van der Waals surface area contributed by atoms with E-state index in [0.29, 0.717) is 6.07 Å². The summed E-state index contributed by atoms with van der Waals surface area (Å²) >= 11 is 0. The molecule has 1 aromatic carbocycles. The number of rotatable bonds is 1. The number of fused-ring (bicyclic) bond motifs is 1. The van der Waals surface area contributed by atoms with E-state index in [9.17, 15) is 17.2 Å². The molecular formula is C8H3ClF2O3S. The SMILES string of the molecule is O=S(=O)(Cl)c1cc2c(F)cc(F)cc2o1. The van der Waals surface area contributed by atoms with Crippen molar-refractivity contribution in [2.45, 2.75) is 5.09 Å². The summed E-state index contributed by atoms with van der Waals surface area (Å²) in [4.78, 5) is 0. The Morgan fingerprint density at radius 2 is 1.87 bits per heavy atom. The molecular weight excluding hydrogens is 250 g/mol. The fraction of sp³-hybridized carbons (Fsp3) is 0. The van der Waals surface area contributed by atoms with Crippen molar-refractivity contribution in [3.8, 4) is 0 Å². The van der Waals surface area contributed by atoms with Crippen LogP contribution in [-0.2, 0) is 9.05 Å². The molecule has 1 aromatic heterocycles. The van der Waals surface area contributed by atoms with Crippen LogP contribution in [0.5, 0.6) is 0 Å². The fourth-order valence-corrected chi connectivity index (χ4v) is 1.84. The van der Waals surface area contributed by atoms with Gasteiger partial charge in [0.05, 0.1) is 5.39 Å². The van der Waals surface area contributed by atoms with Crippen LogP contribution < -0.4 is 0 Å². The Morgan fingerprint density at radius 3 is 2.47 bits per heavy atom. The quantitative estimate of drug-likeness (QED) is 0.733. The Labute approximate surface area is 87.7 Å². The van der Waals surface area contributed by atoms with Gasteiger partial charge in [-0.05, 0) is 0 Å². The van der Waals surface area contributed by atoms with Gasteiger partial charge < -0.3 is 4.42 Å². The Bertz CT molecular complexity index is 633. The lowest BCUT2D eigenvalue weighted by molar-refractivity contribution is 0.485. The minimum Gasteiger partial charge on any atom is -0.443 e. The molecule has 0 N–H and O–H groups in total. The zero-order valence-electron chi connectivity index (χ0n) is 7.00. The number of hydrogen-bond acceptors (Lipinski definition) is 3. The van der Waals surface area contributed by atoms with E-state index in [1.807, 2.05) is 0 Å². The molecule has 0 radical (unpaired) electrons. The summed E-state index contributed by atoms with van der Waals surface area (Å²) in [7, 11) is 0.907. The summed E-state index contributed by atoms with van der Waals surface area (Å²) in [5, 5.41) is -0.737. The summed E-state index contributed by atoms with van der Waals surface area (Å²) in [6.07, 6.45) is 0. The normalized spacial score (nSPS) is 12.2. The average molecular weight is 253 g/mol. The summed E-state index contributed by atoms with van der Waals surface area (Å²) in [5.74, 6) is -1.76. The maximum atomic E-state index is 13.1. The van der Waals surface area contributed by atoms with Crippen LogP contribution in [0.3, 0.4) is 0 Å². The lowest BCUT2D eigenvalue weighted by Gasteiger charge is -1.90. The van der Waals surface area contributed by atoms with Crippen LogP contribution in [0.15, 0.2) is 27.7 Å². The first-order chi connectivity index (χ1) is 6.88. The van der Waals surface area contributed by atoms with Crippen LogP contribution in [0.2, 0.25) is 0 Å². The lowest BCUT2D eigenvalue weighted by Crippen LogP contribution is -1.85. The van der Waals surface area contributed by atoms with Gasteiger partial charge in [-0.25, -0.2) is 17.2 Å². The molecule has 0 fully saturated rings. The van der Waals surface area contributed by atoms with E-state index in [1.54, 1.807) is 0 Å². The van der Waals surface area contributed by atoms with Gasteiger partial charge in [-0.15, -0.1) is 0 Å². The Morgan fingerprint density at radius 1 is 1.20 bits per heavy atom. The Hall–Kier alpha value is -1.14. The molecule has 0 aliphatic rings. The van der Waals surface area contributed by atoms with Crippen LogP contribution >= 0.6 is 10.7 Å². The van der Waals surface area contributed by atoms with Crippen molar-refractivity contribution in [3.63, 3.8) is 0 Å². The van der Waals surface area contributed by atoms with Crippen LogP contribution in [0.1, 0.15) is 0 Å². The van der Waals surface area contributed by atoms with Gasteiger partial charge in [0, 0.05) is 28.9 Å². The van der Waals surface area contributed by atoms with Crippen molar-refractivity contribution >= 4 is 30.7 Å². The van der Waals surface area contributed by atoms with Gasteiger partial charge in [-0.3, -0.25) is 0 Å². The molecule has 0 amide bonds. The molecule has 0 atom stereocenters. The maximum Gasteiger partial charge on any atom is 0.294 e. The van der Waals surface area contributed by atoms with Crippen molar-refractivity contribution in [2.75, 3.05) is 0 Å². The average Bonchev–Trinajstić information content (AvgIpc) is 2.46. The molecule has 0 saturated heterocycles. The molecule has 2 rings (SSSR count). The molecule has 0 spiro atoms. The number of halogens is 3. The van der Waals surface area contributed by atoms with Crippen molar-refractivity contribution in [2.24, 2.45) is 0 Å². The summed E-state index contributed by atoms with van der Waals surface area (Å²) in [6.45, 7) is 0. The largest absolute Gasteiger partial charge is 0.443 e. The van der Waals surface area contributed by atoms with E-state index in [1.165, 1.54) is 0 Å². The molecule has 0 saturated carbocycles. The summed E-state index contributed by atoms with van der Waals surface area (Å²) in [5.41, 5.74) is -0.202. The van der Waals surface area contributed by atoms with Gasteiger partial charge in [-0.2, -0.15) is 0 Å². The van der Waals surface area contributed by atoms with E-state index in [4.69, 9.17) is 15.1 Å². The summed E-state index contributed by atoms with van der Waals surface area (Å²) in [6, 6.07) is 2.42. The highest BCUT2D eigenvalue weighted by atomic mass is 35.7. The van der Waals surface area contributed by atoms with E-state index in [0.717, 1.165) is 12.1 Å². The summed E-state index contributed by atoms with van der Waals surface area (Å²) < 4.78 is 52.2. The molecule has 3 nitrogen and oxygen atoms in total. The third kappa shape index (κ3) is 1.82.